The number of hydrogen-bond donors (Lipinski definition) is 1. The lowest BCUT2D eigenvalue weighted by Crippen LogP contribution is -2.46. The number of benzene rings is 1. The van der Waals surface area contributed by atoms with Gasteiger partial charge < -0.3 is 20.1 Å². The highest BCUT2D eigenvalue weighted by molar-refractivity contribution is 5.21. The molecule has 3 rings (SSSR count). The summed E-state index contributed by atoms with van der Waals surface area (Å²) in [6.45, 7) is 6.44. The van der Waals surface area contributed by atoms with E-state index in [-0.39, 0.29) is 0 Å². The molecular weight excluding hydrogens is 290 g/mol. The SMILES string of the molecule is NCCCCN1CCN(C2=C(Cc3ccccc3)OCO2)CC1. The minimum Gasteiger partial charge on any atom is -0.456 e. The van der Waals surface area contributed by atoms with Gasteiger partial charge in [-0.1, -0.05) is 30.3 Å². The molecule has 0 bridgehead atoms. The Morgan fingerprint density at radius 3 is 2.48 bits per heavy atom. The number of hydrogen-bond acceptors (Lipinski definition) is 5. The Bertz CT molecular complexity index is 510. The topological polar surface area (TPSA) is 51.0 Å². The number of rotatable bonds is 7. The second-order valence-electron chi connectivity index (χ2n) is 6.12. The Balaban J connectivity index is 1.55. The average molecular weight is 317 g/mol. The molecular formula is C18H27N3O2. The molecule has 0 radical (unpaired) electrons. The van der Waals surface area contributed by atoms with Crippen LogP contribution in [-0.2, 0) is 15.9 Å². The zero-order valence-electron chi connectivity index (χ0n) is 13.7. The second kappa shape index (κ2) is 8.22. The molecule has 0 saturated carbocycles. The van der Waals surface area contributed by atoms with Gasteiger partial charge >= 0.3 is 0 Å². The van der Waals surface area contributed by atoms with Gasteiger partial charge in [-0.05, 0) is 31.5 Å². The van der Waals surface area contributed by atoms with Gasteiger partial charge in [0.1, 0.15) is 0 Å². The summed E-state index contributed by atoms with van der Waals surface area (Å²) in [7, 11) is 0. The summed E-state index contributed by atoms with van der Waals surface area (Å²) in [6, 6.07) is 10.4. The van der Waals surface area contributed by atoms with Crippen LogP contribution in [0.2, 0.25) is 0 Å². The lowest BCUT2D eigenvalue weighted by Gasteiger charge is -2.35. The fourth-order valence-corrected chi connectivity index (χ4v) is 3.13. The largest absolute Gasteiger partial charge is 0.456 e. The van der Waals surface area contributed by atoms with Crippen LogP contribution < -0.4 is 5.73 Å². The minimum atomic E-state index is 0.341. The minimum absolute atomic E-state index is 0.341. The van der Waals surface area contributed by atoms with Crippen molar-refractivity contribution in [3.8, 4) is 0 Å². The number of piperazine rings is 1. The highest BCUT2D eigenvalue weighted by Gasteiger charge is 2.26. The summed E-state index contributed by atoms with van der Waals surface area (Å²) >= 11 is 0. The molecule has 2 N–H and O–H groups in total. The van der Waals surface area contributed by atoms with Gasteiger partial charge in [0.2, 0.25) is 12.7 Å². The number of nitrogens with two attached hydrogens (primary N) is 1. The first-order chi connectivity index (χ1) is 11.4. The van der Waals surface area contributed by atoms with E-state index in [9.17, 15) is 0 Å². The highest BCUT2D eigenvalue weighted by atomic mass is 16.7. The quantitative estimate of drug-likeness (QED) is 0.777. The monoisotopic (exact) mass is 317 g/mol. The molecule has 0 spiro atoms. The molecule has 5 heteroatoms. The van der Waals surface area contributed by atoms with Crippen LogP contribution >= 0.6 is 0 Å². The predicted octanol–water partition coefficient (Wildman–Crippen LogP) is 1.76. The maximum absolute atomic E-state index is 5.76. The van der Waals surface area contributed by atoms with E-state index in [1.807, 2.05) is 6.07 Å². The molecule has 0 aromatic heterocycles. The fourth-order valence-electron chi connectivity index (χ4n) is 3.13. The van der Waals surface area contributed by atoms with Gasteiger partial charge in [-0.2, -0.15) is 0 Å². The van der Waals surface area contributed by atoms with Crippen LogP contribution in [0.3, 0.4) is 0 Å². The van der Waals surface area contributed by atoms with E-state index in [0.717, 1.165) is 63.8 Å². The molecule has 2 heterocycles. The van der Waals surface area contributed by atoms with E-state index in [0.29, 0.717) is 6.79 Å². The molecule has 126 valence electrons. The van der Waals surface area contributed by atoms with E-state index in [1.54, 1.807) is 0 Å². The summed E-state index contributed by atoms with van der Waals surface area (Å²) in [4.78, 5) is 4.84. The van der Waals surface area contributed by atoms with Crippen LogP contribution in [-0.4, -0.2) is 55.9 Å². The van der Waals surface area contributed by atoms with Crippen molar-refractivity contribution in [1.82, 2.24) is 9.80 Å². The third-order valence-electron chi connectivity index (χ3n) is 4.46. The van der Waals surface area contributed by atoms with Gasteiger partial charge in [-0.15, -0.1) is 0 Å². The van der Waals surface area contributed by atoms with Crippen LogP contribution in [0.15, 0.2) is 42.0 Å². The maximum atomic E-state index is 5.76. The van der Waals surface area contributed by atoms with Gasteiger partial charge in [0.15, 0.2) is 5.76 Å². The third-order valence-corrected chi connectivity index (χ3v) is 4.46. The number of unbranched alkanes of at least 4 members (excludes halogenated alkanes) is 1. The van der Waals surface area contributed by atoms with E-state index >= 15 is 0 Å². The van der Waals surface area contributed by atoms with Crippen LogP contribution in [0.4, 0.5) is 0 Å². The van der Waals surface area contributed by atoms with Gasteiger partial charge in [0.25, 0.3) is 0 Å². The Hall–Kier alpha value is -1.72. The van der Waals surface area contributed by atoms with Crippen molar-refractivity contribution in [3.05, 3.63) is 47.5 Å². The summed E-state index contributed by atoms with van der Waals surface area (Å²) in [5, 5.41) is 0. The van der Waals surface area contributed by atoms with Crippen LogP contribution in [0.1, 0.15) is 18.4 Å². The normalized spacial score (nSPS) is 18.9. The number of allylic oxidation sites excluding steroid dienone is 1. The van der Waals surface area contributed by atoms with Crippen molar-refractivity contribution in [2.75, 3.05) is 46.1 Å². The summed E-state index contributed by atoms with van der Waals surface area (Å²) in [5.41, 5.74) is 6.82. The molecule has 1 saturated heterocycles. The lowest BCUT2D eigenvalue weighted by molar-refractivity contribution is 0.0311. The van der Waals surface area contributed by atoms with E-state index in [1.165, 1.54) is 12.0 Å². The molecule has 23 heavy (non-hydrogen) atoms. The molecule has 5 nitrogen and oxygen atoms in total. The standard InChI is InChI=1S/C18H27N3O2/c19-8-4-5-9-20-10-12-21(13-11-20)18-17(22-15-23-18)14-16-6-2-1-3-7-16/h1-3,6-7H,4-5,8-15,19H2. The molecule has 0 amide bonds. The first-order valence-electron chi connectivity index (χ1n) is 8.57. The Kier molecular flexibility index (Phi) is 5.77. The lowest BCUT2D eigenvalue weighted by atomic mass is 10.1. The Morgan fingerprint density at radius 1 is 0.957 bits per heavy atom. The van der Waals surface area contributed by atoms with Crippen molar-refractivity contribution in [2.24, 2.45) is 5.73 Å². The first kappa shape index (κ1) is 16.1. The predicted molar refractivity (Wildman–Crippen MR) is 90.5 cm³/mol. The van der Waals surface area contributed by atoms with Crippen LogP contribution in [0, 0.1) is 0 Å². The van der Waals surface area contributed by atoms with E-state index < -0.39 is 0 Å². The molecule has 2 aliphatic heterocycles. The van der Waals surface area contributed by atoms with E-state index in [4.69, 9.17) is 15.2 Å². The molecule has 0 aliphatic carbocycles. The zero-order valence-corrected chi connectivity index (χ0v) is 13.7. The molecule has 1 fully saturated rings. The van der Waals surface area contributed by atoms with Gasteiger partial charge in [0.05, 0.1) is 0 Å². The summed E-state index contributed by atoms with van der Waals surface area (Å²) in [6.07, 6.45) is 3.11. The molecule has 0 unspecified atom stereocenters. The Morgan fingerprint density at radius 2 is 1.74 bits per heavy atom. The second-order valence-corrected chi connectivity index (χ2v) is 6.12. The zero-order chi connectivity index (χ0) is 15.9. The van der Waals surface area contributed by atoms with E-state index in [2.05, 4.69) is 34.1 Å². The maximum Gasteiger partial charge on any atom is 0.232 e. The van der Waals surface area contributed by atoms with Crippen molar-refractivity contribution < 1.29 is 9.47 Å². The smallest absolute Gasteiger partial charge is 0.232 e. The first-order valence-corrected chi connectivity index (χ1v) is 8.57. The third kappa shape index (κ3) is 4.39. The average Bonchev–Trinajstić information content (AvgIpc) is 3.05. The number of ether oxygens (including phenoxy) is 2. The van der Waals surface area contributed by atoms with Crippen molar-refractivity contribution in [3.63, 3.8) is 0 Å². The molecule has 1 aromatic carbocycles. The van der Waals surface area contributed by atoms with Crippen LogP contribution in [0.5, 0.6) is 0 Å². The Labute approximate surface area is 138 Å². The number of nitrogens with zero attached hydrogens (tertiary/aromatic N) is 2. The van der Waals surface area contributed by atoms with Crippen molar-refractivity contribution in [2.45, 2.75) is 19.3 Å². The molecule has 1 aromatic rings. The van der Waals surface area contributed by atoms with Crippen LogP contribution in [0.25, 0.3) is 0 Å². The summed E-state index contributed by atoms with van der Waals surface area (Å²) in [5.74, 6) is 1.91. The molecule has 0 atom stereocenters. The van der Waals surface area contributed by atoms with Crippen molar-refractivity contribution >= 4 is 0 Å². The highest BCUT2D eigenvalue weighted by Crippen LogP contribution is 2.24. The fraction of sp³-hybridized carbons (Fsp3) is 0.556. The summed E-state index contributed by atoms with van der Waals surface area (Å²) < 4.78 is 11.5. The van der Waals surface area contributed by atoms with Gasteiger partial charge in [0, 0.05) is 32.6 Å². The molecule has 2 aliphatic rings. The van der Waals surface area contributed by atoms with Crippen molar-refractivity contribution in [1.29, 1.82) is 0 Å². The van der Waals surface area contributed by atoms with Gasteiger partial charge in [-0.3, -0.25) is 4.90 Å². The van der Waals surface area contributed by atoms with Gasteiger partial charge in [-0.25, -0.2) is 0 Å².